The van der Waals surface area contributed by atoms with Crippen molar-refractivity contribution in [3.8, 4) is 11.5 Å². The Hall–Kier alpha value is -1.22. The standard InChI is InChI=1S/C11H15NO2/c1-14-11-7-8(4-5-10(11)13)9-3-2-6-12-9/h4-5,7,9,12-13H,2-3,6H2,1H3/t9-/m1/s1. The molecule has 0 radical (unpaired) electrons. The Balaban J connectivity index is 2.25. The fourth-order valence-corrected chi connectivity index (χ4v) is 1.88. The quantitative estimate of drug-likeness (QED) is 0.752. The highest BCUT2D eigenvalue weighted by Gasteiger charge is 2.17. The van der Waals surface area contributed by atoms with Gasteiger partial charge in [0, 0.05) is 6.04 Å². The third-order valence-corrected chi connectivity index (χ3v) is 2.67. The molecule has 1 fully saturated rings. The molecule has 76 valence electrons. The van der Waals surface area contributed by atoms with Crippen molar-refractivity contribution in [1.82, 2.24) is 5.32 Å². The second-order valence-electron chi connectivity index (χ2n) is 3.58. The number of phenolic OH excluding ortho intramolecular Hbond substituents is 1. The normalized spacial score (nSPS) is 21.1. The third-order valence-electron chi connectivity index (χ3n) is 2.67. The second kappa shape index (κ2) is 3.88. The molecule has 2 N–H and O–H groups in total. The molecule has 1 saturated heterocycles. The van der Waals surface area contributed by atoms with Crippen LogP contribution >= 0.6 is 0 Å². The summed E-state index contributed by atoms with van der Waals surface area (Å²) in [6.45, 7) is 1.08. The van der Waals surface area contributed by atoms with Gasteiger partial charge in [-0.25, -0.2) is 0 Å². The molecule has 1 aromatic rings. The van der Waals surface area contributed by atoms with Crippen molar-refractivity contribution >= 4 is 0 Å². The lowest BCUT2D eigenvalue weighted by molar-refractivity contribution is 0.372. The summed E-state index contributed by atoms with van der Waals surface area (Å²) in [5, 5.41) is 12.8. The lowest BCUT2D eigenvalue weighted by Crippen LogP contribution is -2.12. The van der Waals surface area contributed by atoms with E-state index in [1.165, 1.54) is 12.0 Å². The molecule has 3 nitrogen and oxygen atoms in total. The van der Waals surface area contributed by atoms with Crippen LogP contribution in [-0.4, -0.2) is 18.8 Å². The van der Waals surface area contributed by atoms with E-state index in [1.54, 1.807) is 13.2 Å². The zero-order chi connectivity index (χ0) is 9.97. The molecule has 1 aliphatic heterocycles. The molecule has 2 rings (SSSR count). The van der Waals surface area contributed by atoms with E-state index in [1.807, 2.05) is 12.1 Å². The number of hydrogen-bond donors (Lipinski definition) is 2. The van der Waals surface area contributed by atoms with Gasteiger partial charge in [-0.1, -0.05) is 6.07 Å². The minimum atomic E-state index is 0.203. The first-order valence-electron chi connectivity index (χ1n) is 4.91. The number of methoxy groups -OCH3 is 1. The Labute approximate surface area is 83.7 Å². The minimum absolute atomic E-state index is 0.203. The van der Waals surface area contributed by atoms with Gasteiger partial charge in [0.2, 0.25) is 0 Å². The van der Waals surface area contributed by atoms with E-state index in [0.29, 0.717) is 11.8 Å². The fraction of sp³-hybridized carbons (Fsp3) is 0.455. The van der Waals surface area contributed by atoms with Gasteiger partial charge in [0.25, 0.3) is 0 Å². The lowest BCUT2D eigenvalue weighted by Gasteiger charge is -2.12. The van der Waals surface area contributed by atoms with Crippen LogP contribution in [0.1, 0.15) is 24.4 Å². The van der Waals surface area contributed by atoms with Crippen LogP contribution in [0.25, 0.3) is 0 Å². The zero-order valence-electron chi connectivity index (χ0n) is 8.29. The molecular weight excluding hydrogens is 178 g/mol. The van der Waals surface area contributed by atoms with Gasteiger partial charge >= 0.3 is 0 Å². The minimum Gasteiger partial charge on any atom is -0.504 e. The van der Waals surface area contributed by atoms with Gasteiger partial charge in [0.1, 0.15) is 0 Å². The predicted molar refractivity (Wildman–Crippen MR) is 54.6 cm³/mol. The number of aromatic hydroxyl groups is 1. The number of phenols is 1. The summed E-state index contributed by atoms with van der Waals surface area (Å²) in [5.74, 6) is 0.755. The Morgan fingerprint density at radius 3 is 3.00 bits per heavy atom. The Morgan fingerprint density at radius 1 is 1.50 bits per heavy atom. The van der Waals surface area contributed by atoms with Crippen molar-refractivity contribution in [3.05, 3.63) is 23.8 Å². The first-order chi connectivity index (χ1) is 6.81. The maximum atomic E-state index is 9.43. The Bertz CT molecular complexity index is 319. The lowest BCUT2D eigenvalue weighted by atomic mass is 10.0. The first kappa shape index (κ1) is 9.34. The maximum absolute atomic E-state index is 9.43. The largest absolute Gasteiger partial charge is 0.504 e. The van der Waals surface area contributed by atoms with Crippen LogP contribution in [0.4, 0.5) is 0 Å². The summed E-state index contributed by atoms with van der Waals surface area (Å²) in [6, 6.07) is 5.96. The monoisotopic (exact) mass is 193 g/mol. The molecule has 0 aromatic heterocycles. The second-order valence-corrected chi connectivity index (χ2v) is 3.58. The van der Waals surface area contributed by atoms with Crippen LogP contribution < -0.4 is 10.1 Å². The fourth-order valence-electron chi connectivity index (χ4n) is 1.88. The Morgan fingerprint density at radius 2 is 2.36 bits per heavy atom. The average Bonchev–Trinajstić information content (AvgIpc) is 2.71. The van der Waals surface area contributed by atoms with Gasteiger partial charge in [-0.3, -0.25) is 0 Å². The summed E-state index contributed by atoms with van der Waals surface area (Å²) >= 11 is 0. The molecule has 3 heteroatoms. The van der Waals surface area contributed by atoms with Crippen LogP contribution in [0.5, 0.6) is 11.5 Å². The molecule has 0 bridgehead atoms. The SMILES string of the molecule is COc1cc([C@H]2CCCN2)ccc1O. The van der Waals surface area contributed by atoms with E-state index < -0.39 is 0 Å². The molecule has 0 aliphatic carbocycles. The third kappa shape index (κ3) is 1.68. The molecule has 1 heterocycles. The van der Waals surface area contributed by atoms with Crippen molar-refractivity contribution in [2.24, 2.45) is 0 Å². The molecule has 0 saturated carbocycles. The topological polar surface area (TPSA) is 41.5 Å². The van der Waals surface area contributed by atoms with Crippen LogP contribution in [0.2, 0.25) is 0 Å². The van der Waals surface area contributed by atoms with E-state index in [9.17, 15) is 5.11 Å². The molecule has 1 aromatic carbocycles. The maximum Gasteiger partial charge on any atom is 0.160 e. The molecule has 14 heavy (non-hydrogen) atoms. The number of benzene rings is 1. The van der Waals surface area contributed by atoms with Gasteiger partial charge < -0.3 is 15.2 Å². The smallest absolute Gasteiger partial charge is 0.160 e. The average molecular weight is 193 g/mol. The van der Waals surface area contributed by atoms with Crippen LogP contribution in [-0.2, 0) is 0 Å². The van der Waals surface area contributed by atoms with Crippen LogP contribution in [0, 0.1) is 0 Å². The molecule has 1 aliphatic rings. The van der Waals surface area contributed by atoms with E-state index in [4.69, 9.17) is 4.74 Å². The molecule has 1 atom stereocenters. The van der Waals surface area contributed by atoms with E-state index in [2.05, 4.69) is 5.32 Å². The summed E-state index contributed by atoms with van der Waals surface area (Å²) < 4.78 is 5.07. The van der Waals surface area contributed by atoms with Gasteiger partial charge in [-0.15, -0.1) is 0 Å². The van der Waals surface area contributed by atoms with E-state index >= 15 is 0 Å². The number of rotatable bonds is 2. The highest BCUT2D eigenvalue weighted by Crippen LogP contribution is 2.31. The zero-order valence-corrected chi connectivity index (χ0v) is 8.29. The molecule has 0 amide bonds. The summed E-state index contributed by atoms with van der Waals surface area (Å²) in [7, 11) is 1.57. The first-order valence-corrected chi connectivity index (χ1v) is 4.91. The summed E-state index contributed by atoms with van der Waals surface area (Å²) in [6.07, 6.45) is 2.38. The van der Waals surface area contributed by atoms with Crippen molar-refractivity contribution in [3.63, 3.8) is 0 Å². The Kier molecular flexibility index (Phi) is 2.59. The van der Waals surface area contributed by atoms with Crippen molar-refractivity contribution in [2.75, 3.05) is 13.7 Å². The van der Waals surface area contributed by atoms with Gasteiger partial charge in [-0.05, 0) is 37.1 Å². The van der Waals surface area contributed by atoms with Crippen molar-refractivity contribution in [1.29, 1.82) is 0 Å². The van der Waals surface area contributed by atoms with Crippen LogP contribution in [0.15, 0.2) is 18.2 Å². The molecule has 0 unspecified atom stereocenters. The highest BCUT2D eigenvalue weighted by molar-refractivity contribution is 5.42. The van der Waals surface area contributed by atoms with Crippen LogP contribution in [0.3, 0.4) is 0 Å². The van der Waals surface area contributed by atoms with Crippen molar-refractivity contribution < 1.29 is 9.84 Å². The van der Waals surface area contributed by atoms with Crippen molar-refractivity contribution in [2.45, 2.75) is 18.9 Å². The summed E-state index contributed by atoms with van der Waals surface area (Å²) in [4.78, 5) is 0. The molecule has 0 spiro atoms. The number of hydrogen-bond acceptors (Lipinski definition) is 3. The molecular formula is C11H15NO2. The van der Waals surface area contributed by atoms with Gasteiger partial charge in [-0.2, -0.15) is 0 Å². The van der Waals surface area contributed by atoms with Gasteiger partial charge in [0.05, 0.1) is 7.11 Å². The van der Waals surface area contributed by atoms with E-state index in [0.717, 1.165) is 13.0 Å². The highest BCUT2D eigenvalue weighted by atomic mass is 16.5. The predicted octanol–water partition coefficient (Wildman–Crippen LogP) is 1.83. The summed E-state index contributed by atoms with van der Waals surface area (Å²) in [5.41, 5.74) is 1.19. The number of nitrogens with one attached hydrogen (secondary N) is 1. The van der Waals surface area contributed by atoms with E-state index in [-0.39, 0.29) is 5.75 Å². The number of ether oxygens (including phenoxy) is 1. The van der Waals surface area contributed by atoms with Gasteiger partial charge in [0.15, 0.2) is 11.5 Å².